The van der Waals surface area contributed by atoms with Gasteiger partial charge in [0, 0.05) is 4.88 Å². The lowest BCUT2D eigenvalue weighted by Crippen LogP contribution is -2.34. The molecule has 5 nitrogen and oxygen atoms in total. The molecule has 6 heteroatoms. The molecule has 1 aliphatic carbocycles. The molecule has 0 unspecified atom stereocenters. The molecule has 138 valence electrons. The number of carbonyl (C=O) groups excluding carboxylic acids is 2. The Labute approximate surface area is 161 Å². The van der Waals surface area contributed by atoms with E-state index in [2.05, 4.69) is 10.6 Å². The average molecular weight is 380 g/mol. The molecule has 4 rings (SSSR count). The van der Waals surface area contributed by atoms with Crippen LogP contribution in [0.15, 0.2) is 59.2 Å². The predicted octanol–water partition coefficient (Wildman–Crippen LogP) is 4.57. The van der Waals surface area contributed by atoms with E-state index >= 15 is 0 Å². The highest BCUT2D eigenvalue weighted by molar-refractivity contribution is 7.14. The van der Waals surface area contributed by atoms with Gasteiger partial charge >= 0.3 is 0 Å². The summed E-state index contributed by atoms with van der Waals surface area (Å²) in [6, 6.07) is 15.1. The molecule has 2 N–H and O–H groups in total. The van der Waals surface area contributed by atoms with Gasteiger partial charge in [0.05, 0.1) is 22.4 Å². The SMILES string of the molecule is CCc1sc(C(=O)NC2(c3ccccc3)CC2)cc1NC(=O)c1ccco1. The number of rotatable bonds is 6. The van der Waals surface area contributed by atoms with Crippen LogP contribution in [0.1, 0.15) is 50.4 Å². The standard InChI is InChI=1S/C21H20N2O3S/c1-2-17-15(22-19(24)16-9-6-12-26-16)13-18(27-17)20(25)23-21(10-11-21)14-7-4-3-5-8-14/h3-9,12-13H,2,10-11H2,1H3,(H,22,24)(H,23,25). The summed E-state index contributed by atoms with van der Waals surface area (Å²) in [4.78, 5) is 26.6. The number of hydrogen-bond donors (Lipinski definition) is 2. The summed E-state index contributed by atoms with van der Waals surface area (Å²) in [7, 11) is 0. The number of anilines is 1. The summed E-state index contributed by atoms with van der Waals surface area (Å²) in [5.74, 6) is -0.174. The van der Waals surface area contributed by atoms with Crippen LogP contribution in [0.4, 0.5) is 5.69 Å². The van der Waals surface area contributed by atoms with Crippen LogP contribution in [0.25, 0.3) is 0 Å². The van der Waals surface area contributed by atoms with E-state index in [-0.39, 0.29) is 23.1 Å². The van der Waals surface area contributed by atoms with Gasteiger partial charge in [-0.15, -0.1) is 11.3 Å². The highest BCUT2D eigenvalue weighted by Gasteiger charge is 2.45. The van der Waals surface area contributed by atoms with Gasteiger partial charge in [0.1, 0.15) is 0 Å². The second kappa shape index (κ2) is 7.04. The number of thiophene rings is 1. The van der Waals surface area contributed by atoms with Crippen molar-refractivity contribution < 1.29 is 14.0 Å². The fourth-order valence-electron chi connectivity index (χ4n) is 3.15. The zero-order valence-corrected chi connectivity index (χ0v) is 15.8. The first-order valence-electron chi connectivity index (χ1n) is 8.97. The van der Waals surface area contributed by atoms with Gasteiger partial charge in [-0.1, -0.05) is 37.3 Å². The van der Waals surface area contributed by atoms with Crippen LogP contribution in [-0.2, 0) is 12.0 Å². The minimum Gasteiger partial charge on any atom is -0.459 e. The molecular formula is C21H20N2O3S. The maximum atomic E-state index is 12.8. The monoisotopic (exact) mass is 380 g/mol. The highest BCUT2D eigenvalue weighted by Crippen LogP contribution is 2.45. The molecule has 0 radical (unpaired) electrons. The Hall–Kier alpha value is -2.86. The summed E-state index contributed by atoms with van der Waals surface area (Å²) in [6.07, 6.45) is 4.07. The minimum absolute atomic E-state index is 0.102. The molecule has 0 aliphatic heterocycles. The molecule has 0 bridgehead atoms. The van der Waals surface area contributed by atoms with Gasteiger partial charge in [-0.25, -0.2) is 0 Å². The molecule has 1 aromatic carbocycles. The molecule has 1 saturated carbocycles. The van der Waals surface area contributed by atoms with Crippen molar-refractivity contribution in [2.75, 3.05) is 5.32 Å². The Morgan fingerprint density at radius 1 is 1.11 bits per heavy atom. The van der Waals surface area contributed by atoms with Crippen molar-refractivity contribution in [3.63, 3.8) is 0 Å². The van der Waals surface area contributed by atoms with Crippen LogP contribution in [0.3, 0.4) is 0 Å². The Morgan fingerprint density at radius 2 is 1.89 bits per heavy atom. The quantitative estimate of drug-likeness (QED) is 0.658. The first-order chi connectivity index (χ1) is 13.1. The first-order valence-corrected chi connectivity index (χ1v) is 9.78. The van der Waals surface area contributed by atoms with Crippen molar-refractivity contribution in [2.45, 2.75) is 31.7 Å². The number of hydrogen-bond acceptors (Lipinski definition) is 4. The predicted molar refractivity (Wildman–Crippen MR) is 105 cm³/mol. The van der Waals surface area contributed by atoms with Crippen molar-refractivity contribution in [2.24, 2.45) is 0 Å². The van der Waals surface area contributed by atoms with Gasteiger partial charge < -0.3 is 15.1 Å². The van der Waals surface area contributed by atoms with E-state index in [1.165, 1.54) is 17.6 Å². The van der Waals surface area contributed by atoms with Gasteiger partial charge in [0.15, 0.2) is 5.76 Å². The number of benzene rings is 1. The Balaban J connectivity index is 1.51. The van der Waals surface area contributed by atoms with E-state index in [9.17, 15) is 9.59 Å². The maximum absolute atomic E-state index is 12.8. The van der Waals surface area contributed by atoms with Gasteiger partial charge in [0.2, 0.25) is 0 Å². The van der Waals surface area contributed by atoms with E-state index in [4.69, 9.17) is 4.42 Å². The van der Waals surface area contributed by atoms with E-state index in [1.54, 1.807) is 18.2 Å². The maximum Gasteiger partial charge on any atom is 0.291 e. The topological polar surface area (TPSA) is 71.3 Å². The molecular weight excluding hydrogens is 360 g/mol. The third kappa shape index (κ3) is 3.53. The summed E-state index contributed by atoms with van der Waals surface area (Å²) >= 11 is 1.41. The van der Waals surface area contributed by atoms with E-state index in [1.807, 2.05) is 37.3 Å². The van der Waals surface area contributed by atoms with Crippen LogP contribution in [0.2, 0.25) is 0 Å². The molecule has 3 aromatic rings. The molecule has 2 amide bonds. The molecule has 0 saturated heterocycles. The van der Waals surface area contributed by atoms with Gasteiger partial charge in [-0.2, -0.15) is 0 Å². The average Bonchev–Trinajstić information content (AvgIpc) is 3.11. The van der Waals surface area contributed by atoms with Crippen LogP contribution in [0.5, 0.6) is 0 Å². The molecule has 27 heavy (non-hydrogen) atoms. The molecule has 0 spiro atoms. The highest BCUT2D eigenvalue weighted by atomic mass is 32.1. The fourth-order valence-corrected chi connectivity index (χ4v) is 4.10. The zero-order chi connectivity index (χ0) is 18.9. The molecule has 1 aliphatic rings. The third-order valence-corrected chi connectivity index (χ3v) is 6.05. The van der Waals surface area contributed by atoms with Crippen LogP contribution in [-0.4, -0.2) is 11.8 Å². The van der Waals surface area contributed by atoms with Crippen LogP contribution in [0, 0.1) is 0 Å². The van der Waals surface area contributed by atoms with Crippen molar-refractivity contribution >= 4 is 28.8 Å². The smallest absolute Gasteiger partial charge is 0.291 e. The lowest BCUT2D eigenvalue weighted by atomic mass is 10.1. The van der Waals surface area contributed by atoms with Gasteiger partial charge in [0.25, 0.3) is 11.8 Å². The Bertz CT molecular complexity index is 957. The lowest BCUT2D eigenvalue weighted by molar-refractivity contribution is 0.0933. The number of carbonyl (C=O) groups is 2. The first kappa shape index (κ1) is 17.5. The van der Waals surface area contributed by atoms with E-state index in [0.717, 1.165) is 29.7 Å². The lowest BCUT2D eigenvalue weighted by Gasteiger charge is -2.17. The van der Waals surface area contributed by atoms with E-state index in [0.29, 0.717) is 10.6 Å². The molecule has 2 heterocycles. The van der Waals surface area contributed by atoms with Gasteiger partial charge in [-0.05, 0) is 43.0 Å². The number of aryl methyl sites for hydroxylation is 1. The zero-order valence-electron chi connectivity index (χ0n) is 15.0. The summed E-state index contributed by atoms with van der Waals surface area (Å²) in [6.45, 7) is 2.00. The Morgan fingerprint density at radius 3 is 2.52 bits per heavy atom. The Kier molecular flexibility index (Phi) is 4.58. The van der Waals surface area contributed by atoms with Gasteiger partial charge in [-0.3, -0.25) is 9.59 Å². The number of furan rings is 1. The van der Waals surface area contributed by atoms with Crippen LogP contribution < -0.4 is 10.6 Å². The minimum atomic E-state index is -0.317. The summed E-state index contributed by atoms with van der Waals surface area (Å²) in [5.41, 5.74) is 1.54. The summed E-state index contributed by atoms with van der Waals surface area (Å²) in [5, 5.41) is 6.03. The molecule has 2 aromatic heterocycles. The largest absolute Gasteiger partial charge is 0.459 e. The van der Waals surface area contributed by atoms with E-state index < -0.39 is 0 Å². The van der Waals surface area contributed by atoms with Crippen molar-refractivity contribution in [3.05, 3.63) is 75.9 Å². The third-order valence-electron chi connectivity index (χ3n) is 4.78. The summed E-state index contributed by atoms with van der Waals surface area (Å²) < 4.78 is 5.13. The van der Waals surface area contributed by atoms with Crippen molar-refractivity contribution in [1.82, 2.24) is 5.32 Å². The molecule has 1 fully saturated rings. The molecule has 0 atom stereocenters. The van der Waals surface area contributed by atoms with Crippen molar-refractivity contribution in [1.29, 1.82) is 0 Å². The second-order valence-corrected chi connectivity index (χ2v) is 7.77. The fraction of sp³-hybridized carbons (Fsp3) is 0.238. The second-order valence-electron chi connectivity index (χ2n) is 6.63. The number of nitrogens with one attached hydrogen (secondary N) is 2. The van der Waals surface area contributed by atoms with Crippen LogP contribution >= 0.6 is 11.3 Å². The normalized spacial score (nSPS) is 14.6. The number of amides is 2. The van der Waals surface area contributed by atoms with Crippen molar-refractivity contribution in [3.8, 4) is 0 Å².